The van der Waals surface area contributed by atoms with Gasteiger partial charge in [-0.3, -0.25) is 24.1 Å². The van der Waals surface area contributed by atoms with Gasteiger partial charge in [0.05, 0.1) is 22.5 Å². The maximum Gasteiger partial charge on any atom is 0.304 e. The van der Waals surface area contributed by atoms with Gasteiger partial charge in [-0.1, -0.05) is 30.3 Å². The monoisotopic (exact) mass is 496 g/mol. The molecule has 7 heteroatoms. The number of hydrogen-bond donors (Lipinski definition) is 1. The van der Waals surface area contributed by atoms with Crippen LogP contribution in [-0.2, 0) is 9.59 Å². The van der Waals surface area contributed by atoms with Gasteiger partial charge in [-0.25, -0.2) is 0 Å². The van der Waals surface area contributed by atoms with Crippen LogP contribution < -0.4 is 10.2 Å². The molecule has 0 unspecified atom stereocenters. The number of amides is 2. The van der Waals surface area contributed by atoms with Crippen molar-refractivity contribution in [3.8, 4) is 0 Å². The van der Waals surface area contributed by atoms with Gasteiger partial charge in [-0.15, -0.1) is 0 Å². The summed E-state index contributed by atoms with van der Waals surface area (Å²) in [6.07, 6.45) is 0. The average molecular weight is 496 g/mol. The third-order valence-electron chi connectivity index (χ3n) is 4.48. The van der Waals surface area contributed by atoms with Crippen LogP contribution in [0.4, 0.5) is 17.1 Å². The molecule has 0 aliphatic carbocycles. The summed E-state index contributed by atoms with van der Waals surface area (Å²) >= 11 is 2.10. The SMILES string of the molecule is O=C1C(=O)N(c2ccccc2)c2ccccc21.O=C1Nc2ccc(I)cc2C1=O. The Bertz CT molecular complexity index is 1170. The van der Waals surface area contributed by atoms with Crippen LogP contribution in [0.2, 0.25) is 0 Å². The molecule has 0 atom stereocenters. The lowest BCUT2D eigenvalue weighted by atomic mass is 10.1. The molecule has 142 valence electrons. The number of carbonyl (C=O) groups is 4. The molecule has 0 saturated carbocycles. The molecule has 0 bridgehead atoms. The molecule has 3 aromatic rings. The van der Waals surface area contributed by atoms with Crippen molar-refractivity contribution >= 4 is 63.0 Å². The smallest absolute Gasteiger partial charge is 0.304 e. The molecular formula is C22H13IN2O4. The van der Waals surface area contributed by atoms with Crippen LogP contribution in [0.3, 0.4) is 0 Å². The Morgan fingerprint density at radius 1 is 0.724 bits per heavy atom. The van der Waals surface area contributed by atoms with E-state index in [-0.39, 0.29) is 0 Å². The van der Waals surface area contributed by atoms with Crippen LogP contribution in [0.5, 0.6) is 0 Å². The Morgan fingerprint density at radius 2 is 1.41 bits per heavy atom. The Labute approximate surface area is 179 Å². The summed E-state index contributed by atoms with van der Waals surface area (Å²) in [6, 6.07) is 21.5. The summed E-state index contributed by atoms with van der Waals surface area (Å²) in [5.41, 5.74) is 2.95. The fourth-order valence-electron chi connectivity index (χ4n) is 3.13. The van der Waals surface area contributed by atoms with Gasteiger partial charge in [0.2, 0.25) is 0 Å². The Hall–Kier alpha value is -3.33. The van der Waals surface area contributed by atoms with Gasteiger partial charge in [-0.2, -0.15) is 0 Å². The van der Waals surface area contributed by atoms with Crippen LogP contribution in [0, 0.1) is 3.57 Å². The predicted octanol–water partition coefficient (Wildman–Crippen LogP) is 3.97. The number of nitrogens with one attached hydrogen (secondary N) is 1. The number of ketones is 2. The molecule has 0 saturated heterocycles. The molecule has 2 aliphatic rings. The molecule has 6 nitrogen and oxygen atoms in total. The van der Waals surface area contributed by atoms with E-state index >= 15 is 0 Å². The normalized spacial score (nSPS) is 14.2. The Balaban J connectivity index is 0.000000150. The lowest BCUT2D eigenvalue weighted by molar-refractivity contribution is -0.113. The average Bonchev–Trinajstić information content (AvgIpc) is 3.16. The van der Waals surface area contributed by atoms with Crippen molar-refractivity contribution in [2.75, 3.05) is 10.2 Å². The quantitative estimate of drug-likeness (QED) is 0.408. The highest BCUT2D eigenvalue weighted by atomic mass is 127. The summed E-state index contributed by atoms with van der Waals surface area (Å²) in [7, 11) is 0. The van der Waals surface area contributed by atoms with Crippen molar-refractivity contribution < 1.29 is 19.2 Å². The highest BCUT2D eigenvalue weighted by Crippen LogP contribution is 2.34. The first-order valence-electron chi connectivity index (χ1n) is 8.65. The van der Waals surface area contributed by atoms with Crippen molar-refractivity contribution in [1.29, 1.82) is 0 Å². The molecule has 1 N–H and O–H groups in total. The van der Waals surface area contributed by atoms with E-state index in [1.807, 2.05) is 42.5 Å². The molecule has 3 aromatic carbocycles. The van der Waals surface area contributed by atoms with Crippen LogP contribution in [0.15, 0.2) is 72.8 Å². The molecule has 0 spiro atoms. The van der Waals surface area contributed by atoms with Gasteiger partial charge in [0, 0.05) is 9.26 Å². The van der Waals surface area contributed by atoms with Crippen molar-refractivity contribution in [2.45, 2.75) is 0 Å². The number of nitrogens with zero attached hydrogens (tertiary/aromatic N) is 1. The van der Waals surface area contributed by atoms with Crippen LogP contribution in [0.1, 0.15) is 20.7 Å². The van der Waals surface area contributed by atoms with E-state index in [1.54, 1.807) is 30.3 Å². The number of carbonyl (C=O) groups excluding carboxylic acids is 4. The number of fused-ring (bicyclic) bond motifs is 2. The number of hydrogen-bond acceptors (Lipinski definition) is 4. The van der Waals surface area contributed by atoms with Crippen molar-refractivity contribution in [3.63, 3.8) is 0 Å². The van der Waals surface area contributed by atoms with Crippen LogP contribution >= 0.6 is 22.6 Å². The number of anilines is 3. The van der Waals surface area contributed by atoms with E-state index in [4.69, 9.17) is 0 Å². The van der Waals surface area contributed by atoms with Gasteiger partial charge in [0.25, 0.3) is 17.5 Å². The second kappa shape index (κ2) is 7.59. The van der Waals surface area contributed by atoms with E-state index in [9.17, 15) is 19.2 Å². The largest absolute Gasteiger partial charge is 0.318 e. The second-order valence-corrected chi connectivity index (χ2v) is 7.54. The molecule has 2 heterocycles. The minimum atomic E-state index is -0.535. The highest BCUT2D eigenvalue weighted by Gasteiger charge is 2.36. The van der Waals surface area contributed by atoms with Crippen molar-refractivity contribution in [2.24, 2.45) is 0 Å². The number of halogens is 1. The van der Waals surface area contributed by atoms with Crippen molar-refractivity contribution in [3.05, 3.63) is 87.5 Å². The van der Waals surface area contributed by atoms with Gasteiger partial charge in [-0.05, 0) is 65.1 Å². The standard InChI is InChI=1S/C14H9NO2.C8H4INO2/c16-13-11-8-4-5-9-12(11)15(14(13)17)10-6-2-1-3-7-10;9-4-1-2-6-5(3-4)7(11)8(12)10-6/h1-9H;1-3H,(H,10,11,12). The lowest BCUT2D eigenvalue weighted by Crippen LogP contribution is -2.24. The van der Waals surface area contributed by atoms with Gasteiger partial charge >= 0.3 is 5.91 Å². The van der Waals surface area contributed by atoms with E-state index in [2.05, 4.69) is 27.9 Å². The third kappa shape index (κ3) is 3.44. The van der Waals surface area contributed by atoms with E-state index in [0.29, 0.717) is 22.5 Å². The highest BCUT2D eigenvalue weighted by molar-refractivity contribution is 14.1. The van der Waals surface area contributed by atoms with Gasteiger partial charge in [0.1, 0.15) is 0 Å². The molecule has 29 heavy (non-hydrogen) atoms. The van der Waals surface area contributed by atoms with Gasteiger partial charge < -0.3 is 5.32 Å². The van der Waals surface area contributed by atoms with Gasteiger partial charge in [0.15, 0.2) is 0 Å². The lowest BCUT2D eigenvalue weighted by Gasteiger charge is -2.15. The number of Topliss-reactive ketones (excluding diaryl/α,β-unsaturated/α-hetero) is 2. The maximum atomic E-state index is 11.9. The Kier molecular flexibility index (Phi) is 4.98. The molecular weight excluding hydrogens is 483 g/mol. The molecule has 2 aliphatic heterocycles. The summed E-state index contributed by atoms with van der Waals surface area (Å²) in [5.74, 6) is -1.91. The summed E-state index contributed by atoms with van der Waals surface area (Å²) in [5, 5.41) is 2.48. The zero-order valence-corrected chi connectivity index (χ0v) is 17.0. The fraction of sp³-hybridized carbons (Fsp3) is 0. The summed E-state index contributed by atoms with van der Waals surface area (Å²) in [6.45, 7) is 0. The maximum absolute atomic E-state index is 11.9. The number of benzene rings is 3. The zero-order chi connectivity index (χ0) is 20.5. The van der Waals surface area contributed by atoms with Crippen LogP contribution in [0.25, 0.3) is 0 Å². The number of rotatable bonds is 1. The first kappa shape index (κ1) is 19.0. The van der Waals surface area contributed by atoms with E-state index < -0.39 is 23.4 Å². The summed E-state index contributed by atoms with van der Waals surface area (Å²) in [4.78, 5) is 47.2. The summed E-state index contributed by atoms with van der Waals surface area (Å²) < 4.78 is 0.955. The van der Waals surface area contributed by atoms with Crippen LogP contribution in [-0.4, -0.2) is 23.4 Å². The van der Waals surface area contributed by atoms with E-state index in [1.165, 1.54) is 4.90 Å². The fourth-order valence-corrected chi connectivity index (χ4v) is 3.63. The molecule has 0 fully saturated rings. The first-order valence-corrected chi connectivity index (χ1v) is 9.73. The topological polar surface area (TPSA) is 83.6 Å². The predicted molar refractivity (Wildman–Crippen MR) is 116 cm³/mol. The van der Waals surface area contributed by atoms with Crippen molar-refractivity contribution in [1.82, 2.24) is 0 Å². The Morgan fingerprint density at radius 3 is 2.17 bits per heavy atom. The molecule has 5 rings (SSSR count). The minimum Gasteiger partial charge on any atom is -0.318 e. The first-order chi connectivity index (χ1) is 14.0. The molecule has 0 radical (unpaired) electrons. The number of para-hydroxylation sites is 2. The van der Waals surface area contributed by atoms with E-state index in [0.717, 1.165) is 9.26 Å². The third-order valence-corrected chi connectivity index (χ3v) is 5.15. The second-order valence-electron chi connectivity index (χ2n) is 6.30. The minimum absolute atomic E-state index is 0.440. The molecule has 0 aromatic heterocycles. The molecule has 2 amide bonds. The zero-order valence-electron chi connectivity index (χ0n) is 14.9.